The lowest BCUT2D eigenvalue weighted by molar-refractivity contribution is 0.00867. The Morgan fingerprint density at radius 3 is 2.33 bits per heavy atom. The van der Waals surface area contributed by atoms with Gasteiger partial charge in [0.05, 0.1) is 19.8 Å². The van der Waals surface area contributed by atoms with Crippen molar-refractivity contribution in [2.75, 3.05) is 66.6 Å². The Kier molecular flexibility index (Phi) is 13.5. The molecule has 0 amide bonds. The number of hydrogen-bond donors (Lipinski definition) is 2. The summed E-state index contributed by atoms with van der Waals surface area (Å²) in [5, 5.41) is 6.91. The van der Waals surface area contributed by atoms with Crippen LogP contribution in [0.1, 0.15) is 52.9 Å². The Hall–Kier alpha value is -0.850. The maximum absolute atomic E-state index is 5.50. The van der Waals surface area contributed by atoms with Gasteiger partial charge in [-0.05, 0) is 46.3 Å². The van der Waals surface area contributed by atoms with Crippen LogP contribution in [0.2, 0.25) is 0 Å². The summed E-state index contributed by atoms with van der Waals surface area (Å²) in [6.07, 6.45) is 6.48. The third kappa shape index (κ3) is 11.6. The zero-order chi connectivity index (χ0) is 19.9. The molecular weight excluding hydrogens is 338 g/mol. The zero-order valence-electron chi connectivity index (χ0n) is 18.6. The van der Waals surface area contributed by atoms with Crippen molar-refractivity contribution in [2.45, 2.75) is 58.9 Å². The van der Waals surface area contributed by atoms with Crippen LogP contribution >= 0.6 is 0 Å². The summed E-state index contributed by atoms with van der Waals surface area (Å²) in [7, 11) is 4.29. The van der Waals surface area contributed by atoms with E-state index in [-0.39, 0.29) is 0 Å². The first-order valence-electron chi connectivity index (χ1n) is 11.0. The number of unbranched alkanes of at least 4 members (excludes halogenated alkanes) is 4. The summed E-state index contributed by atoms with van der Waals surface area (Å²) in [4.78, 5) is 9.69. The van der Waals surface area contributed by atoms with Crippen molar-refractivity contribution in [3.63, 3.8) is 0 Å². The molecule has 1 heterocycles. The van der Waals surface area contributed by atoms with Crippen LogP contribution in [0.25, 0.3) is 0 Å². The molecule has 1 aliphatic rings. The molecule has 6 nitrogen and oxygen atoms in total. The number of aliphatic imine (C=N–C) groups is 1. The van der Waals surface area contributed by atoms with Crippen LogP contribution in [0.4, 0.5) is 0 Å². The van der Waals surface area contributed by atoms with Crippen LogP contribution in [-0.2, 0) is 4.74 Å². The largest absolute Gasteiger partial charge is 0.379 e. The minimum absolute atomic E-state index is 0.487. The van der Waals surface area contributed by atoms with Crippen molar-refractivity contribution in [2.24, 2.45) is 10.9 Å². The first kappa shape index (κ1) is 24.2. The molecule has 1 fully saturated rings. The van der Waals surface area contributed by atoms with Crippen molar-refractivity contribution in [1.29, 1.82) is 0 Å². The van der Waals surface area contributed by atoms with Gasteiger partial charge in [0.15, 0.2) is 5.96 Å². The predicted molar refractivity (Wildman–Crippen MR) is 117 cm³/mol. The number of rotatable bonds is 13. The average molecular weight is 384 g/mol. The van der Waals surface area contributed by atoms with E-state index in [1.54, 1.807) is 0 Å². The highest BCUT2D eigenvalue weighted by Crippen LogP contribution is 2.13. The van der Waals surface area contributed by atoms with Gasteiger partial charge in [-0.2, -0.15) is 0 Å². The van der Waals surface area contributed by atoms with E-state index < -0.39 is 0 Å². The summed E-state index contributed by atoms with van der Waals surface area (Å²) in [6.45, 7) is 14.4. The van der Waals surface area contributed by atoms with Crippen LogP contribution in [0.5, 0.6) is 0 Å². The van der Waals surface area contributed by atoms with E-state index in [1.807, 2.05) is 0 Å². The minimum Gasteiger partial charge on any atom is -0.379 e. The van der Waals surface area contributed by atoms with E-state index in [2.05, 4.69) is 55.3 Å². The maximum atomic E-state index is 5.50. The van der Waals surface area contributed by atoms with E-state index >= 15 is 0 Å². The van der Waals surface area contributed by atoms with Gasteiger partial charge in [-0.3, -0.25) is 9.89 Å². The second kappa shape index (κ2) is 15.1. The lowest BCUT2D eigenvalue weighted by Crippen LogP contribution is -2.48. The molecule has 0 aromatic heterocycles. The quantitative estimate of drug-likeness (QED) is 0.291. The molecule has 0 aromatic carbocycles. The normalized spacial score (nSPS) is 17.5. The molecule has 1 saturated heterocycles. The number of nitrogens with zero attached hydrogens (tertiary/aromatic N) is 3. The van der Waals surface area contributed by atoms with Crippen LogP contribution in [0, 0.1) is 5.92 Å². The molecule has 1 atom stereocenters. The molecule has 0 radical (unpaired) electrons. The molecule has 1 rings (SSSR count). The van der Waals surface area contributed by atoms with E-state index in [0.29, 0.717) is 12.0 Å². The molecular formula is C21H45N5O. The number of nitrogens with one attached hydrogen (secondary N) is 2. The lowest BCUT2D eigenvalue weighted by Gasteiger charge is -2.36. The highest BCUT2D eigenvalue weighted by Gasteiger charge is 2.23. The van der Waals surface area contributed by atoms with Gasteiger partial charge in [0.1, 0.15) is 0 Å². The molecule has 0 spiro atoms. The summed E-state index contributed by atoms with van der Waals surface area (Å²) >= 11 is 0. The van der Waals surface area contributed by atoms with E-state index in [9.17, 15) is 0 Å². The fourth-order valence-electron chi connectivity index (χ4n) is 3.47. The van der Waals surface area contributed by atoms with E-state index in [0.717, 1.165) is 51.9 Å². The van der Waals surface area contributed by atoms with Crippen molar-refractivity contribution in [1.82, 2.24) is 20.4 Å². The summed E-state index contributed by atoms with van der Waals surface area (Å²) < 4.78 is 5.50. The van der Waals surface area contributed by atoms with Gasteiger partial charge in [-0.1, -0.05) is 33.1 Å². The molecule has 0 aromatic rings. The van der Waals surface area contributed by atoms with Crippen molar-refractivity contribution in [3.8, 4) is 0 Å². The van der Waals surface area contributed by atoms with Crippen LogP contribution in [0.15, 0.2) is 4.99 Å². The van der Waals surface area contributed by atoms with Gasteiger partial charge in [0, 0.05) is 32.2 Å². The molecule has 27 heavy (non-hydrogen) atoms. The van der Waals surface area contributed by atoms with E-state index in [4.69, 9.17) is 9.73 Å². The Balaban J connectivity index is 2.31. The summed E-state index contributed by atoms with van der Waals surface area (Å²) in [6, 6.07) is 0.487. The molecule has 160 valence electrons. The first-order valence-corrected chi connectivity index (χ1v) is 11.0. The molecule has 0 bridgehead atoms. The van der Waals surface area contributed by atoms with Gasteiger partial charge in [-0.25, -0.2) is 0 Å². The molecule has 2 N–H and O–H groups in total. The highest BCUT2D eigenvalue weighted by molar-refractivity contribution is 5.79. The lowest BCUT2D eigenvalue weighted by atomic mass is 10.0. The molecule has 1 aliphatic heterocycles. The fourth-order valence-corrected chi connectivity index (χ4v) is 3.47. The summed E-state index contributed by atoms with van der Waals surface area (Å²) in [5.41, 5.74) is 0. The monoisotopic (exact) mass is 383 g/mol. The topological polar surface area (TPSA) is 52.1 Å². The minimum atomic E-state index is 0.487. The van der Waals surface area contributed by atoms with Crippen LogP contribution < -0.4 is 10.6 Å². The van der Waals surface area contributed by atoms with Gasteiger partial charge in [0.2, 0.25) is 0 Å². The van der Waals surface area contributed by atoms with Gasteiger partial charge >= 0.3 is 0 Å². The van der Waals surface area contributed by atoms with Crippen LogP contribution in [0.3, 0.4) is 0 Å². The predicted octanol–water partition coefficient (Wildman–Crippen LogP) is 2.41. The fraction of sp³-hybridized carbons (Fsp3) is 0.952. The Bertz CT molecular complexity index is 381. The first-order chi connectivity index (χ1) is 13.0. The standard InChI is InChI=1S/C21H45N5O/c1-6-22-21(23-12-10-8-7-9-11-13-25(4)5)24-18-20(19(2)3)26-14-16-27-17-15-26/h19-20H,6-18H2,1-5H3,(H2,22,23,24). The molecule has 6 heteroatoms. The average Bonchev–Trinajstić information content (AvgIpc) is 2.64. The maximum Gasteiger partial charge on any atom is 0.191 e. The second-order valence-corrected chi connectivity index (χ2v) is 8.18. The number of hydrogen-bond acceptors (Lipinski definition) is 4. The van der Waals surface area contributed by atoms with Gasteiger partial charge < -0.3 is 20.3 Å². The summed E-state index contributed by atoms with van der Waals surface area (Å²) in [5.74, 6) is 1.56. The molecule has 1 unspecified atom stereocenters. The van der Waals surface area contributed by atoms with Crippen LogP contribution in [-0.4, -0.2) is 88.4 Å². The van der Waals surface area contributed by atoms with Crippen molar-refractivity contribution >= 4 is 5.96 Å². The Labute approximate surface area is 168 Å². The van der Waals surface area contributed by atoms with Gasteiger partial charge in [-0.15, -0.1) is 0 Å². The number of guanidine groups is 1. The highest BCUT2D eigenvalue weighted by atomic mass is 16.5. The van der Waals surface area contributed by atoms with E-state index in [1.165, 1.54) is 38.6 Å². The zero-order valence-corrected chi connectivity index (χ0v) is 18.6. The molecule has 0 aliphatic carbocycles. The smallest absolute Gasteiger partial charge is 0.191 e. The van der Waals surface area contributed by atoms with Gasteiger partial charge in [0.25, 0.3) is 0 Å². The number of morpholine rings is 1. The third-order valence-electron chi connectivity index (χ3n) is 5.14. The molecule has 0 saturated carbocycles. The Morgan fingerprint density at radius 1 is 1.04 bits per heavy atom. The Morgan fingerprint density at radius 2 is 1.70 bits per heavy atom. The van der Waals surface area contributed by atoms with Crippen molar-refractivity contribution in [3.05, 3.63) is 0 Å². The number of ether oxygens (including phenoxy) is 1. The SMILES string of the molecule is CCNC(=NCC(C(C)C)N1CCOCC1)NCCCCCCCN(C)C. The third-order valence-corrected chi connectivity index (χ3v) is 5.14. The second-order valence-electron chi connectivity index (χ2n) is 8.18. The van der Waals surface area contributed by atoms with Crippen molar-refractivity contribution < 1.29 is 4.74 Å².